The topological polar surface area (TPSA) is 132 Å². The van der Waals surface area contributed by atoms with E-state index in [1.165, 1.54) is 31.1 Å². The highest BCUT2D eigenvalue weighted by Crippen LogP contribution is 2.29. The van der Waals surface area contributed by atoms with Crippen LogP contribution in [0, 0.1) is 0 Å². The fourth-order valence-corrected chi connectivity index (χ4v) is 4.70. The molecule has 0 radical (unpaired) electrons. The van der Waals surface area contributed by atoms with Crippen LogP contribution in [-0.4, -0.2) is 65.6 Å². The molecule has 0 bridgehead atoms. The van der Waals surface area contributed by atoms with Crippen molar-refractivity contribution in [2.24, 2.45) is 7.05 Å². The number of alkyl halides is 1. The Hall–Kier alpha value is -4.74. The van der Waals surface area contributed by atoms with Gasteiger partial charge in [-0.2, -0.15) is 10.2 Å². The molecule has 5 rings (SSSR count). The first-order valence-electron chi connectivity index (χ1n) is 11.9. The predicted molar refractivity (Wildman–Crippen MR) is 136 cm³/mol. The average molecular weight is 518 g/mol. The summed E-state index contributed by atoms with van der Waals surface area (Å²) in [6.45, 7) is 1.02. The smallest absolute Gasteiger partial charge is 0.337 e. The van der Waals surface area contributed by atoms with Gasteiger partial charge in [-0.15, -0.1) is 0 Å². The van der Waals surface area contributed by atoms with Gasteiger partial charge in [0, 0.05) is 47.9 Å². The Balaban J connectivity index is 1.41. The molecule has 194 valence electrons. The van der Waals surface area contributed by atoms with Crippen LogP contribution in [0.5, 0.6) is 0 Å². The Morgan fingerprint density at radius 1 is 1.11 bits per heavy atom. The number of anilines is 1. The number of likely N-dealkylation sites (tertiary alicyclic amines) is 1. The van der Waals surface area contributed by atoms with Gasteiger partial charge in [0.15, 0.2) is 5.78 Å². The molecule has 4 aromatic rings. The Morgan fingerprint density at radius 3 is 2.66 bits per heavy atom. The van der Waals surface area contributed by atoms with Gasteiger partial charge in [0.1, 0.15) is 24.6 Å². The van der Waals surface area contributed by atoms with Gasteiger partial charge in [0.25, 0.3) is 0 Å². The standard InChI is InChI=1S/C26H24FN7O4/c1-15(35)20-13-33(21-4-3-16(9-19(20)21)17-5-8-29-30-11-17)14-24(36)34-12-18(27)10-22(34)25(37)31-23-6-7-28-26(38)32(23)2/h3-9,11,13,18,22H,10,12,14H2,1-2H3,(H,31,37)/t18-,22?/m1/s1. The number of amides is 2. The lowest BCUT2D eigenvalue weighted by Gasteiger charge is -2.24. The third-order valence-corrected chi connectivity index (χ3v) is 6.67. The number of halogens is 1. The minimum Gasteiger partial charge on any atom is -0.337 e. The van der Waals surface area contributed by atoms with Crippen LogP contribution in [0.1, 0.15) is 23.7 Å². The molecule has 12 heteroatoms. The minimum atomic E-state index is -1.37. The van der Waals surface area contributed by atoms with Crippen molar-refractivity contribution in [2.75, 3.05) is 11.9 Å². The van der Waals surface area contributed by atoms with Crippen molar-refractivity contribution in [1.29, 1.82) is 0 Å². The summed E-state index contributed by atoms with van der Waals surface area (Å²) in [5.41, 5.74) is 2.19. The number of hydrogen-bond acceptors (Lipinski definition) is 7. The van der Waals surface area contributed by atoms with Gasteiger partial charge in [0.2, 0.25) is 11.8 Å². The third-order valence-electron chi connectivity index (χ3n) is 6.67. The first kappa shape index (κ1) is 24.9. The van der Waals surface area contributed by atoms with Gasteiger partial charge in [0.05, 0.1) is 18.9 Å². The van der Waals surface area contributed by atoms with Crippen molar-refractivity contribution >= 4 is 34.3 Å². The van der Waals surface area contributed by atoms with E-state index >= 15 is 0 Å². The minimum absolute atomic E-state index is 0.162. The van der Waals surface area contributed by atoms with E-state index in [2.05, 4.69) is 20.5 Å². The molecule has 0 aliphatic carbocycles. The van der Waals surface area contributed by atoms with Crippen molar-refractivity contribution in [2.45, 2.75) is 32.1 Å². The molecule has 2 amide bonds. The van der Waals surface area contributed by atoms with Crippen LogP contribution in [0.15, 0.2) is 59.9 Å². The fourth-order valence-electron chi connectivity index (χ4n) is 4.70. The number of aromatic nitrogens is 5. The molecule has 3 aromatic heterocycles. The zero-order valence-corrected chi connectivity index (χ0v) is 20.7. The second-order valence-electron chi connectivity index (χ2n) is 9.15. The van der Waals surface area contributed by atoms with Gasteiger partial charge >= 0.3 is 5.69 Å². The maximum Gasteiger partial charge on any atom is 0.348 e. The summed E-state index contributed by atoms with van der Waals surface area (Å²) in [7, 11) is 1.45. The van der Waals surface area contributed by atoms with Gasteiger partial charge < -0.3 is 14.8 Å². The normalized spacial score (nSPS) is 17.1. The Labute approximate surface area is 215 Å². The first-order valence-corrected chi connectivity index (χ1v) is 11.9. The van der Waals surface area contributed by atoms with E-state index in [1.807, 2.05) is 12.1 Å². The summed E-state index contributed by atoms with van der Waals surface area (Å²) in [6.07, 6.45) is 4.51. The molecular formula is C26H24FN7O4. The molecule has 38 heavy (non-hydrogen) atoms. The molecule has 1 aliphatic heterocycles. The molecule has 1 N–H and O–H groups in total. The lowest BCUT2D eigenvalue weighted by atomic mass is 10.0. The third kappa shape index (κ3) is 4.67. The second-order valence-corrected chi connectivity index (χ2v) is 9.15. The summed E-state index contributed by atoms with van der Waals surface area (Å²) in [6, 6.07) is 7.71. The Kier molecular flexibility index (Phi) is 6.53. The monoisotopic (exact) mass is 517 g/mol. The van der Waals surface area contributed by atoms with E-state index in [-0.39, 0.29) is 31.1 Å². The number of rotatable bonds is 6. The molecule has 11 nitrogen and oxygen atoms in total. The van der Waals surface area contributed by atoms with Gasteiger partial charge in [-0.25, -0.2) is 14.2 Å². The number of benzene rings is 1. The van der Waals surface area contributed by atoms with E-state index in [9.17, 15) is 23.6 Å². The number of hydrogen-bond donors (Lipinski definition) is 1. The van der Waals surface area contributed by atoms with E-state index < -0.39 is 29.7 Å². The lowest BCUT2D eigenvalue weighted by Crippen LogP contribution is -2.45. The lowest BCUT2D eigenvalue weighted by molar-refractivity contribution is -0.137. The average Bonchev–Trinajstić information content (AvgIpc) is 3.48. The zero-order valence-electron chi connectivity index (χ0n) is 20.7. The van der Waals surface area contributed by atoms with Crippen LogP contribution in [-0.2, 0) is 23.2 Å². The molecule has 1 fully saturated rings. The maximum atomic E-state index is 14.4. The second kappa shape index (κ2) is 9.96. The van der Waals surface area contributed by atoms with Crippen molar-refractivity contribution in [3.05, 3.63) is 71.2 Å². The van der Waals surface area contributed by atoms with Crippen LogP contribution in [0.4, 0.5) is 10.2 Å². The first-order chi connectivity index (χ1) is 18.2. The molecule has 0 spiro atoms. The van der Waals surface area contributed by atoms with Crippen LogP contribution in [0.3, 0.4) is 0 Å². The number of fused-ring (bicyclic) bond motifs is 1. The van der Waals surface area contributed by atoms with E-state index in [0.29, 0.717) is 16.5 Å². The summed E-state index contributed by atoms with van der Waals surface area (Å²) >= 11 is 0. The summed E-state index contributed by atoms with van der Waals surface area (Å²) in [5.74, 6) is -1.05. The van der Waals surface area contributed by atoms with Gasteiger partial charge in [-0.1, -0.05) is 6.07 Å². The molecular weight excluding hydrogens is 493 g/mol. The van der Waals surface area contributed by atoms with Crippen molar-refractivity contribution in [1.82, 2.24) is 29.2 Å². The summed E-state index contributed by atoms with van der Waals surface area (Å²) in [4.78, 5) is 55.3. The number of nitrogens with one attached hydrogen (secondary N) is 1. The van der Waals surface area contributed by atoms with Crippen molar-refractivity contribution < 1.29 is 18.8 Å². The SMILES string of the molecule is CC(=O)c1cn(CC(=O)N2C[C@H](F)CC2C(=O)Nc2ccnc(=O)n2C)c2ccc(-c3ccnnc3)cc12. The number of carbonyl (C=O) groups excluding carboxylic acids is 3. The molecule has 2 atom stereocenters. The van der Waals surface area contributed by atoms with Crippen LogP contribution < -0.4 is 11.0 Å². The summed E-state index contributed by atoms with van der Waals surface area (Å²) in [5, 5.41) is 10.9. The van der Waals surface area contributed by atoms with Crippen LogP contribution in [0.25, 0.3) is 22.0 Å². The van der Waals surface area contributed by atoms with E-state index in [1.54, 1.807) is 35.3 Å². The van der Waals surface area contributed by atoms with Crippen molar-refractivity contribution in [3.8, 4) is 11.1 Å². The molecule has 1 aliphatic rings. The molecule has 1 saturated heterocycles. The van der Waals surface area contributed by atoms with Crippen molar-refractivity contribution in [3.63, 3.8) is 0 Å². The summed E-state index contributed by atoms with van der Waals surface area (Å²) < 4.78 is 17.2. The highest BCUT2D eigenvalue weighted by molar-refractivity contribution is 6.08. The zero-order chi connectivity index (χ0) is 27.0. The molecule has 1 aromatic carbocycles. The quantitative estimate of drug-likeness (QED) is 0.387. The predicted octanol–water partition coefficient (Wildman–Crippen LogP) is 1.97. The number of Topliss-reactive ketones (excluding diaryl/α,β-unsaturated/α-hetero) is 1. The van der Waals surface area contributed by atoms with Gasteiger partial charge in [-0.05, 0) is 36.8 Å². The van der Waals surface area contributed by atoms with E-state index in [4.69, 9.17) is 0 Å². The number of carbonyl (C=O) groups is 3. The largest absolute Gasteiger partial charge is 0.348 e. The highest BCUT2D eigenvalue weighted by atomic mass is 19.1. The van der Waals surface area contributed by atoms with Crippen LogP contribution in [0.2, 0.25) is 0 Å². The Bertz CT molecular complexity index is 1620. The number of nitrogens with zero attached hydrogens (tertiary/aromatic N) is 6. The van der Waals surface area contributed by atoms with E-state index in [0.717, 1.165) is 15.7 Å². The molecule has 1 unspecified atom stereocenters. The highest BCUT2D eigenvalue weighted by Gasteiger charge is 2.40. The fraction of sp³-hybridized carbons (Fsp3) is 0.269. The van der Waals surface area contributed by atoms with Crippen LogP contribution >= 0.6 is 0 Å². The molecule has 0 saturated carbocycles. The molecule has 4 heterocycles. The maximum absolute atomic E-state index is 14.4. The Morgan fingerprint density at radius 2 is 1.92 bits per heavy atom. The number of ketones is 1. The van der Waals surface area contributed by atoms with Gasteiger partial charge in [-0.3, -0.25) is 19.0 Å².